The molecule has 0 aromatic carbocycles. The molecule has 0 radical (unpaired) electrons. The molecule has 1 aliphatic rings. The molecule has 1 N–H and O–H groups in total. The normalized spacial score (nSPS) is 19.4. The van der Waals surface area contributed by atoms with Gasteiger partial charge < -0.3 is 15.0 Å². The second-order valence-electron chi connectivity index (χ2n) is 5.66. The third kappa shape index (κ3) is 6.39. The van der Waals surface area contributed by atoms with Crippen molar-refractivity contribution in [3.8, 4) is 0 Å². The van der Waals surface area contributed by atoms with Crippen LogP contribution in [0.4, 0.5) is 0 Å². The van der Waals surface area contributed by atoms with Crippen LogP contribution in [-0.2, 0) is 4.74 Å². The largest absolute Gasteiger partial charge is 0.378 e. The molecule has 17 heavy (non-hydrogen) atoms. The first-order valence-electron chi connectivity index (χ1n) is 7.18. The standard InChI is InChI=1S/C14H30N2O/c1-12(2)15-8-5-11-17-14-6-9-16(10-7-14)13(3)4/h12-15H,5-11H2,1-4H3. The Hall–Kier alpha value is -0.120. The molecule has 0 spiro atoms. The Labute approximate surface area is 107 Å². The SMILES string of the molecule is CC(C)NCCCOC1CCN(C(C)C)CC1. The van der Waals surface area contributed by atoms with Gasteiger partial charge in [-0.3, -0.25) is 0 Å². The van der Waals surface area contributed by atoms with Crippen LogP contribution in [-0.4, -0.2) is 49.3 Å². The van der Waals surface area contributed by atoms with E-state index in [0.29, 0.717) is 18.2 Å². The van der Waals surface area contributed by atoms with E-state index in [0.717, 1.165) is 19.6 Å². The van der Waals surface area contributed by atoms with Gasteiger partial charge in [-0.2, -0.15) is 0 Å². The summed E-state index contributed by atoms with van der Waals surface area (Å²) in [5.41, 5.74) is 0. The van der Waals surface area contributed by atoms with Gasteiger partial charge in [0, 0.05) is 31.8 Å². The summed E-state index contributed by atoms with van der Waals surface area (Å²) in [7, 11) is 0. The Morgan fingerprint density at radius 1 is 1.18 bits per heavy atom. The minimum absolute atomic E-state index is 0.504. The summed E-state index contributed by atoms with van der Waals surface area (Å²) in [6.07, 6.45) is 4.04. The van der Waals surface area contributed by atoms with E-state index in [-0.39, 0.29) is 0 Å². The van der Waals surface area contributed by atoms with Crippen molar-refractivity contribution >= 4 is 0 Å². The summed E-state index contributed by atoms with van der Waals surface area (Å²) < 4.78 is 5.93. The molecular weight excluding hydrogens is 212 g/mol. The van der Waals surface area contributed by atoms with Crippen molar-refractivity contribution in [1.29, 1.82) is 0 Å². The summed E-state index contributed by atoms with van der Waals surface area (Å²) in [4.78, 5) is 2.54. The van der Waals surface area contributed by atoms with Gasteiger partial charge in [-0.25, -0.2) is 0 Å². The van der Waals surface area contributed by atoms with Crippen LogP contribution in [0.2, 0.25) is 0 Å². The summed E-state index contributed by atoms with van der Waals surface area (Å²) >= 11 is 0. The summed E-state index contributed by atoms with van der Waals surface area (Å²) in [6.45, 7) is 13.3. The van der Waals surface area contributed by atoms with Crippen molar-refractivity contribution in [2.75, 3.05) is 26.2 Å². The Morgan fingerprint density at radius 2 is 1.82 bits per heavy atom. The summed E-state index contributed by atoms with van der Waals surface area (Å²) in [5.74, 6) is 0. The topological polar surface area (TPSA) is 24.5 Å². The maximum Gasteiger partial charge on any atom is 0.0599 e. The molecule has 0 atom stereocenters. The molecule has 1 aliphatic heterocycles. The fraction of sp³-hybridized carbons (Fsp3) is 1.00. The molecule has 0 unspecified atom stereocenters. The molecule has 3 nitrogen and oxygen atoms in total. The monoisotopic (exact) mass is 242 g/mol. The molecule has 1 saturated heterocycles. The van der Waals surface area contributed by atoms with Crippen LogP contribution < -0.4 is 5.32 Å². The maximum atomic E-state index is 5.93. The first-order chi connectivity index (χ1) is 8.09. The van der Waals surface area contributed by atoms with Crippen molar-refractivity contribution < 1.29 is 4.74 Å². The summed E-state index contributed by atoms with van der Waals surface area (Å²) in [6, 6.07) is 1.27. The van der Waals surface area contributed by atoms with Crippen molar-refractivity contribution in [2.45, 2.75) is 65.1 Å². The molecule has 0 amide bonds. The molecule has 1 fully saturated rings. The average molecular weight is 242 g/mol. The van der Waals surface area contributed by atoms with E-state index in [9.17, 15) is 0 Å². The van der Waals surface area contributed by atoms with Gasteiger partial charge in [-0.15, -0.1) is 0 Å². The molecular formula is C14H30N2O. The molecule has 0 aliphatic carbocycles. The Bertz CT molecular complexity index is 187. The van der Waals surface area contributed by atoms with Gasteiger partial charge >= 0.3 is 0 Å². The van der Waals surface area contributed by atoms with E-state index in [1.165, 1.54) is 25.9 Å². The van der Waals surface area contributed by atoms with Crippen molar-refractivity contribution in [3.05, 3.63) is 0 Å². The highest BCUT2D eigenvalue weighted by Crippen LogP contribution is 2.15. The number of rotatable bonds is 7. The van der Waals surface area contributed by atoms with Crippen molar-refractivity contribution in [3.63, 3.8) is 0 Å². The van der Waals surface area contributed by atoms with Gasteiger partial charge in [-0.05, 0) is 39.7 Å². The third-order valence-electron chi connectivity index (χ3n) is 3.43. The molecule has 0 bridgehead atoms. The van der Waals surface area contributed by atoms with Crippen molar-refractivity contribution in [1.82, 2.24) is 10.2 Å². The smallest absolute Gasteiger partial charge is 0.0599 e. The Kier molecular flexibility index (Phi) is 7.09. The number of piperidine rings is 1. The van der Waals surface area contributed by atoms with Gasteiger partial charge in [0.05, 0.1) is 6.10 Å². The van der Waals surface area contributed by atoms with Crippen LogP contribution in [0.5, 0.6) is 0 Å². The quantitative estimate of drug-likeness (QED) is 0.693. The van der Waals surface area contributed by atoms with Gasteiger partial charge in [0.15, 0.2) is 0 Å². The van der Waals surface area contributed by atoms with Crippen molar-refractivity contribution in [2.24, 2.45) is 0 Å². The average Bonchev–Trinajstić information content (AvgIpc) is 2.29. The van der Waals surface area contributed by atoms with Crippen LogP contribution in [0.25, 0.3) is 0 Å². The molecule has 0 aromatic heterocycles. The zero-order valence-corrected chi connectivity index (χ0v) is 12.0. The van der Waals surface area contributed by atoms with Gasteiger partial charge in [-0.1, -0.05) is 13.8 Å². The summed E-state index contributed by atoms with van der Waals surface area (Å²) in [5, 5.41) is 3.42. The van der Waals surface area contributed by atoms with Crippen LogP contribution in [0, 0.1) is 0 Å². The number of ether oxygens (including phenoxy) is 1. The first kappa shape index (κ1) is 14.9. The van der Waals surface area contributed by atoms with E-state index in [2.05, 4.69) is 37.9 Å². The zero-order chi connectivity index (χ0) is 12.7. The van der Waals surface area contributed by atoms with Crippen LogP contribution in [0.15, 0.2) is 0 Å². The fourth-order valence-electron chi connectivity index (χ4n) is 2.27. The second-order valence-corrected chi connectivity index (χ2v) is 5.66. The lowest BCUT2D eigenvalue weighted by atomic mass is 10.1. The second kappa shape index (κ2) is 8.06. The molecule has 0 aromatic rings. The Morgan fingerprint density at radius 3 is 2.35 bits per heavy atom. The van der Waals surface area contributed by atoms with E-state index in [4.69, 9.17) is 4.74 Å². The number of nitrogens with one attached hydrogen (secondary N) is 1. The van der Waals surface area contributed by atoms with E-state index in [1.54, 1.807) is 0 Å². The van der Waals surface area contributed by atoms with E-state index in [1.807, 2.05) is 0 Å². The first-order valence-corrected chi connectivity index (χ1v) is 7.18. The predicted molar refractivity (Wildman–Crippen MR) is 73.4 cm³/mol. The van der Waals surface area contributed by atoms with E-state index < -0.39 is 0 Å². The molecule has 1 rings (SSSR count). The highest BCUT2D eigenvalue weighted by Gasteiger charge is 2.20. The van der Waals surface area contributed by atoms with Gasteiger partial charge in [0.1, 0.15) is 0 Å². The predicted octanol–water partition coefficient (Wildman–Crippen LogP) is 2.26. The molecule has 1 heterocycles. The lowest BCUT2D eigenvalue weighted by molar-refractivity contribution is 0.000536. The number of hydrogen-bond donors (Lipinski definition) is 1. The minimum Gasteiger partial charge on any atom is -0.378 e. The minimum atomic E-state index is 0.504. The molecule has 0 saturated carbocycles. The zero-order valence-electron chi connectivity index (χ0n) is 12.0. The van der Waals surface area contributed by atoms with Gasteiger partial charge in [0.25, 0.3) is 0 Å². The van der Waals surface area contributed by atoms with Crippen LogP contribution >= 0.6 is 0 Å². The lowest BCUT2D eigenvalue weighted by Gasteiger charge is -2.34. The van der Waals surface area contributed by atoms with Crippen LogP contribution in [0.1, 0.15) is 47.0 Å². The number of likely N-dealkylation sites (tertiary alicyclic amines) is 1. The van der Waals surface area contributed by atoms with Gasteiger partial charge in [0.2, 0.25) is 0 Å². The van der Waals surface area contributed by atoms with Crippen LogP contribution in [0.3, 0.4) is 0 Å². The lowest BCUT2D eigenvalue weighted by Crippen LogP contribution is -2.41. The Balaban J connectivity index is 1.99. The highest BCUT2D eigenvalue weighted by molar-refractivity contribution is 4.74. The molecule has 3 heteroatoms. The van der Waals surface area contributed by atoms with E-state index >= 15 is 0 Å². The highest BCUT2D eigenvalue weighted by atomic mass is 16.5. The molecule has 102 valence electrons. The maximum absolute atomic E-state index is 5.93. The fourth-order valence-corrected chi connectivity index (χ4v) is 2.27. The third-order valence-corrected chi connectivity index (χ3v) is 3.43. The number of hydrogen-bond acceptors (Lipinski definition) is 3. The number of nitrogens with zero attached hydrogens (tertiary/aromatic N) is 1.